The molecule has 48 heavy (non-hydrogen) atoms. The molecule has 276 valence electrons. The van der Waals surface area contributed by atoms with Crippen LogP contribution in [0.1, 0.15) is 115 Å². The van der Waals surface area contributed by atoms with Crippen molar-refractivity contribution in [2.45, 2.75) is 125 Å². The average molecular weight is 756 g/mol. The number of thiazole rings is 3. The Bertz CT molecular complexity index is 917. The van der Waals surface area contributed by atoms with Crippen molar-refractivity contribution >= 4 is 56.7 Å². The van der Waals surface area contributed by atoms with Crippen LogP contribution < -0.4 is 0 Å². The predicted octanol–water partition coefficient (Wildman–Crippen LogP) is 16.2. The van der Waals surface area contributed by atoms with Crippen molar-refractivity contribution < 1.29 is 4.42 Å². The molecule has 4 nitrogen and oxygen atoms in total. The van der Waals surface area contributed by atoms with Gasteiger partial charge in [0.1, 0.15) is 0 Å². The number of aromatic nitrogens is 3. The van der Waals surface area contributed by atoms with Crippen LogP contribution in [0.5, 0.6) is 0 Å². The van der Waals surface area contributed by atoms with Gasteiger partial charge in [-0.1, -0.05) is 89.2 Å². The van der Waals surface area contributed by atoms with Gasteiger partial charge in [0, 0.05) is 38.6 Å². The largest absolute Gasteiger partial charge is 0.472 e. The lowest BCUT2D eigenvalue weighted by Gasteiger charge is -1.65. The molecule has 0 aliphatic carbocycles. The van der Waals surface area contributed by atoms with Crippen LogP contribution in [-0.2, 0) is 0 Å². The van der Waals surface area contributed by atoms with Gasteiger partial charge in [-0.25, -0.2) is 0 Å². The maximum atomic E-state index is 4.71. The third-order valence-corrected chi connectivity index (χ3v) is 7.37. The normalized spacial score (nSPS) is 7.38. The van der Waals surface area contributed by atoms with E-state index < -0.39 is 0 Å². The van der Waals surface area contributed by atoms with Crippen molar-refractivity contribution in [1.29, 1.82) is 0 Å². The smallest absolute Gasteiger partial charge is 0.0931 e. The minimum absolute atomic E-state index is 1.11. The molecule has 0 aromatic carbocycles. The van der Waals surface area contributed by atoms with Crippen LogP contribution in [0.15, 0.2) is 91.5 Å². The molecule has 0 amide bonds. The fraction of sp³-hybridized carbons (Fsp3) is 0.462. The monoisotopic (exact) mass is 755 g/mol. The molecule has 9 heteroatoms. The van der Waals surface area contributed by atoms with Gasteiger partial charge < -0.3 is 4.42 Å². The van der Waals surface area contributed by atoms with E-state index in [4.69, 9.17) is 4.42 Å². The molecule has 0 N–H and O–H groups in total. The highest BCUT2D eigenvalue weighted by Crippen LogP contribution is 2.04. The Balaban J connectivity index is -0.000000104. The zero-order chi connectivity index (χ0) is 38.4. The zero-order valence-corrected chi connectivity index (χ0v) is 37.5. The second-order valence-electron chi connectivity index (χ2n) is 7.12. The maximum Gasteiger partial charge on any atom is 0.0931 e. The van der Waals surface area contributed by atoms with Gasteiger partial charge in [-0.3, -0.25) is 15.0 Å². The van der Waals surface area contributed by atoms with Gasteiger partial charge >= 0.3 is 0 Å². The first-order valence-corrected chi connectivity index (χ1v) is 21.4. The van der Waals surface area contributed by atoms with Crippen molar-refractivity contribution in [1.82, 2.24) is 15.0 Å². The molecule has 0 radical (unpaired) electrons. The second kappa shape index (κ2) is 54.0. The minimum atomic E-state index is 1.11. The van der Waals surface area contributed by atoms with E-state index >= 15 is 0 Å². The van der Waals surface area contributed by atoms with Gasteiger partial charge in [0.15, 0.2) is 0 Å². The molecule has 0 bridgehead atoms. The van der Waals surface area contributed by atoms with E-state index in [0.717, 1.165) is 10.7 Å². The summed E-state index contributed by atoms with van der Waals surface area (Å²) in [6.45, 7) is 36.2. The van der Waals surface area contributed by atoms with E-state index in [-0.39, 0.29) is 0 Å². The van der Waals surface area contributed by atoms with E-state index in [9.17, 15) is 0 Å². The summed E-state index contributed by atoms with van der Waals surface area (Å²) in [5.74, 6) is 0. The number of furan rings is 1. The molecule has 0 spiro atoms. The molecule has 0 saturated heterocycles. The molecule has 6 rings (SSSR count). The van der Waals surface area contributed by atoms with Crippen molar-refractivity contribution in [2.75, 3.05) is 0 Å². The summed E-state index contributed by atoms with van der Waals surface area (Å²) in [5.41, 5.74) is 7.31. The van der Waals surface area contributed by atoms with Crippen molar-refractivity contribution in [3.8, 4) is 0 Å². The van der Waals surface area contributed by atoms with Gasteiger partial charge in [-0.05, 0) is 87.0 Å². The van der Waals surface area contributed by atoms with Crippen LogP contribution in [-0.4, -0.2) is 15.0 Å². The third-order valence-electron chi connectivity index (χ3n) is 3.66. The summed E-state index contributed by atoms with van der Waals surface area (Å²) in [6, 6.07) is 8.18. The quantitative estimate of drug-likeness (QED) is 0.155. The number of hydrogen-bond acceptors (Lipinski definition) is 9. The Hall–Kier alpha value is -2.43. The summed E-state index contributed by atoms with van der Waals surface area (Å²) in [7, 11) is 0. The fourth-order valence-corrected chi connectivity index (χ4v) is 4.46. The van der Waals surface area contributed by atoms with Gasteiger partial charge in [-0.2, -0.15) is 11.3 Å². The SMILES string of the molecule is CC.CC.CC.CC.CC.CC.Cc1cccs1.Cc1ccoc1.Cc1ccsc1.Cc1cncs1.Cc1cscn1.Cc1nccs1. The Morgan fingerprint density at radius 1 is 0.542 bits per heavy atom. The Morgan fingerprint density at radius 2 is 1.17 bits per heavy atom. The van der Waals surface area contributed by atoms with Crippen LogP contribution in [0.3, 0.4) is 0 Å². The lowest BCUT2D eigenvalue weighted by atomic mass is 10.4. The standard InChI is InChI=1S/C5H6O.2C5H6S.3C4H5NS.6C2H6/c2*1-5-2-3-6-4-5;1-5-3-2-4-6-5;1-4-2-6-3-5-4;1-4-2-5-3-6-4;1-4-5-2-3-6-4;6*1-2/h3*2-4H,1H3;3*2-3H,1H3;6*1-2H3. The van der Waals surface area contributed by atoms with Crippen molar-refractivity contribution in [3.05, 3.63) is 119 Å². The lowest BCUT2D eigenvalue weighted by molar-refractivity contribution is 0.565. The van der Waals surface area contributed by atoms with E-state index in [1.54, 1.807) is 75.4 Å². The molecule has 0 atom stereocenters. The lowest BCUT2D eigenvalue weighted by Crippen LogP contribution is -1.59. The number of rotatable bonds is 0. The minimum Gasteiger partial charge on any atom is -0.472 e. The van der Waals surface area contributed by atoms with E-state index in [1.807, 2.05) is 145 Å². The number of hydrogen-bond donors (Lipinski definition) is 0. The topological polar surface area (TPSA) is 51.8 Å². The van der Waals surface area contributed by atoms with E-state index in [0.29, 0.717) is 0 Å². The summed E-state index contributed by atoms with van der Waals surface area (Å²) >= 11 is 8.48. The molecule has 6 aromatic heterocycles. The summed E-state index contributed by atoms with van der Waals surface area (Å²) in [6.07, 6.45) is 7.03. The van der Waals surface area contributed by atoms with Crippen LogP contribution >= 0.6 is 56.7 Å². The average Bonchev–Trinajstić information content (AvgIpc) is 3.99. The van der Waals surface area contributed by atoms with Crippen LogP contribution in [0.2, 0.25) is 0 Å². The summed E-state index contributed by atoms with van der Waals surface area (Å²) in [4.78, 5) is 14.4. The molecule has 0 aliphatic heterocycles. The van der Waals surface area contributed by atoms with E-state index in [2.05, 4.69) is 63.1 Å². The Morgan fingerprint density at radius 3 is 1.29 bits per heavy atom. The van der Waals surface area contributed by atoms with Crippen molar-refractivity contribution in [3.63, 3.8) is 0 Å². The predicted molar refractivity (Wildman–Crippen MR) is 230 cm³/mol. The number of nitrogens with zero attached hydrogens (tertiary/aromatic N) is 3. The van der Waals surface area contributed by atoms with Gasteiger partial charge in [0.05, 0.1) is 28.6 Å². The Labute approximate surface area is 317 Å². The highest BCUT2D eigenvalue weighted by molar-refractivity contribution is 7.10. The molecule has 0 saturated carbocycles. The molecular weight excluding hydrogens is 687 g/mol. The Kier molecular flexibility index (Phi) is 65.1. The molecule has 6 aromatic rings. The summed E-state index contributed by atoms with van der Waals surface area (Å²) < 4.78 is 4.71. The molecule has 6 heterocycles. The highest BCUT2D eigenvalue weighted by Gasteiger charge is 1.78. The highest BCUT2D eigenvalue weighted by atomic mass is 32.1. The first-order chi connectivity index (χ1) is 23.4. The van der Waals surface area contributed by atoms with Crippen molar-refractivity contribution in [2.24, 2.45) is 0 Å². The molecule has 0 fully saturated rings. The first-order valence-electron chi connectivity index (χ1n) is 16.9. The number of thiophene rings is 2. The van der Waals surface area contributed by atoms with Crippen LogP contribution in [0.25, 0.3) is 0 Å². The first kappa shape index (κ1) is 57.8. The fourth-order valence-electron chi connectivity index (χ4n) is 1.87. The molecular formula is C39H69N3OS5. The van der Waals surface area contributed by atoms with Crippen LogP contribution in [0.4, 0.5) is 0 Å². The third kappa shape index (κ3) is 50.4. The molecule has 0 unspecified atom stereocenters. The molecule has 0 aliphatic rings. The van der Waals surface area contributed by atoms with Crippen LogP contribution in [0, 0.1) is 41.5 Å². The zero-order valence-electron chi connectivity index (χ0n) is 33.5. The second-order valence-corrected chi connectivity index (χ2v) is 12.0. The van der Waals surface area contributed by atoms with Gasteiger partial charge in [0.2, 0.25) is 0 Å². The van der Waals surface area contributed by atoms with Gasteiger partial charge in [0.25, 0.3) is 0 Å². The van der Waals surface area contributed by atoms with Gasteiger partial charge in [-0.15, -0.1) is 45.3 Å². The summed E-state index contributed by atoms with van der Waals surface area (Å²) in [5, 5.41) is 11.4. The number of aryl methyl sites for hydroxylation is 6. The van der Waals surface area contributed by atoms with E-state index in [1.165, 1.54) is 20.9 Å². The maximum absolute atomic E-state index is 4.71.